The van der Waals surface area contributed by atoms with Crippen molar-refractivity contribution in [3.63, 3.8) is 0 Å². The molecule has 0 bridgehead atoms. The van der Waals surface area contributed by atoms with Gasteiger partial charge in [-0.25, -0.2) is 0 Å². The van der Waals surface area contributed by atoms with Crippen molar-refractivity contribution in [1.29, 1.82) is 5.26 Å². The van der Waals surface area contributed by atoms with E-state index < -0.39 is 11.9 Å². The predicted molar refractivity (Wildman–Crippen MR) is 63.7 cm³/mol. The molecular weight excluding hydrogens is 232 g/mol. The quantitative estimate of drug-likeness (QED) is 0.689. The van der Waals surface area contributed by atoms with Gasteiger partial charge in [-0.1, -0.05) is 0 Å². The number of carbonyl (C=O) groups excluding carboxylic acids is 2. The molecule has 98 valence electrons. The monoisotopic (exact) mass is 250 g/mol. The Labute approximate surface area is 106 Å². The van der Waals surface area contributed by atoms with E-state index in [2.05, 4.69) is 6.07 Å². The highest BCUT2D eigenvalue weighted by atomic mass is 16.2. The van der Waals surface area contributed by atoms with Crippen molar-refractivity contribution >= 4 is 11.8 Å². The number of nitrogens with zero attached hydrogens (tertiary/aromatic N) is 2. The van der Waals surface area contributed by atoms with Crippen LogP contribution in [0, 0.1) is 23.2 Å². The number of likely N-dealkylation sites (tertiary alicyclic amines) is 1. The topological polar surface area (TPSA) is 113 Å². The lowest BCUT2D eigenvalue weighted by Gasteiger charge is -2.33. The van der Waals surface area contributed by atoms with E-state index in [-0.39, 0.29) is 24.8 Å². The van der Waals surface area contributed by atoms with Crippen LogP contribution >= 0.6 is 0 Å². The van der Waals surface area contributed by atoms with E-state index in [4.69, 9.17) is 16.7 Å². The molecule has 4 N–H and O–H groups in total. The van der Waals surface area contributed by atoms with Gasteiger partial charge in [0.1, 0.15) is 6.04 Å². The second-order valence-electron chi connectivity index (χ2n) is 5.24. The van der Waals surface area contributed by atoms with Crippen LogP contribution in [-0.4, -0.2) is 35.3 Å². The third-order valence-electron chi connectivity index (χ3n) is 3.85. The zero-order valence-electron chi connectivity index (χ0n) is 10.2. The number of carbonyl (C=O) groups is 2. The van der Waals surface area contributed by atoms with Crippen LogP contribution in [0.1, 0.15) is 25.7 Å². The lowest BCUT2D eigenvalue weighted by molar-refractivity contribution is -0.135. The zero-order valence-corrected chi connectivity index (χ0v) is 10.2. The molecule has 4 atom stereocenters. The molecule has 18 heavy (non-hydrogen) atoms. The first-order valence-electron chi connectivity index (χ1n) is 6.27. The fourth-order valence-electron chi connectivity index (χ4n) is 2.62. The van der Waals surface area contributed by atoms with Gasteiger partial charge in [0.15, 0.2) is 0 Å². The highest BCUT2D eigenvalue weighted by Gasteiger charge is 2.47. The molecule has 2 amide bonds. The zero-order chi connectivity index (χ0) is 13.3. The van der Waals surface area contributed by atoms with Gasteiger partial charge in [0.25, 0.3) is 0 Å². The molecule has 1 heterocycles. The summed E-state index contributed by atoms with van der Waals surface area (Å²) in [5, 5.41) is 9.09. The van der Waals surface area contributed by atoms with E-state index in [0.717, 1.165) is 12.8 Å². The third kappa shape index (κ3) is 2.62. The van der Waals surface area contributed by atoms with Crippen LogP contribution < -0.4 is 11.5 Å². The molecule has 2 rings (SSSR count). The van der Waals surface area contributed by atoms with Gasteiger partial charge in [0.2, 0.25) is 11.8 Å². The average Bonchev–Trinajstić information content (AvgIpc) is 3.11. The SMILES string of the molecule is N#CC1CC2CC2CN1C(=O)[C@@H](N)CCC(N)=O. The average molecular weight is 250 g/mol. The van der Waals surface area contributed by atoms with Crippen LogP contribution in [0.15, 0.2) is 0 Å². The predicted octanol–water partition coefficient (Wildman–Crippen LogP) is -0.660. The van der Waals surface area contributed by atoms with Crippen LogP contribution in [0.25, 0.3) is 0 Å². The molecule has 2 aliphatic rings. The maximum atomic E-state index is 12.1. The largest absolute Gasteiger partial charge is 0.370 e. The third-order valence-corrected chi connectivity index (χ3v) is 3.85. The molecule has 0 spiro atoms. The van der Waals surface area contributed by atoms with E-state index >= 15 is 0 Å². The number of hydrogen-bond donors (Lipinski definition) is 2. The minimum atomic E-state index is -0.733. The van der Waals surface area contributed by atoms with Gasteiger partial charge in [-0.05, 0) is 31.1 Å². The number of amides is 2. The summed E-state index contributed by atoms with van der Waals surface area (Å²) in [6.45, 7) is 0.631. The van der Waals surface area contributed by atoms with Crippen LogP contribution in [0.3, 0.4) is 0 Å². The molecule has 2 fully saturated rings. The molecular formula is C12H18N4O2. The van der Waals surface area contributed by atoms with Gasteiger partial charge in [0.05, 0.1) is 12.1 Å². The van der Waals surface area contributed by atoms with Crippen molar-refractivity contribution in [1.82, 2.24) is 4.90 Å². The van der Waals surface area contributed by atoms with Crippen LogP contribution in [0.2, 0.25) is 0 Å². The number of fused-ring (bicyclic) bond motifs is 1. The van der Waals surface area contributed by atoms with Gasteiger partial charge in [0, 0.05) is 13.0 Å². The number of piperidine rings is 1. The summed E-state index contributed by atoms with van der Waals surface area (Å²) in [7, 11) is 0. The van der Waals surface area contributed by atoms with Gasteiger partial charge < -0.3 is 16.4 Å². The lowest BCUT2D eigenvalue weighted by atomic mass is 10.0. The summed E-state index contributed by atoms with van der Waals surface area (Å²) in [4.78, 5) is 24.4. The van der Waals surface area contributed by atoms with Crippen LogP contribution in [0.5, 0.6) is 0 Å². The van der Waals surface area contributed by atoms with E-state index in [1.807, 2.05) is 0 Å². The Kier molecular flexibility index (Phi) is 3.53. The number of rotatable bonds is 4. The summed E-state index contributed by atoms with van der Waals surface area (Å²) < 4.78 is 0. The van der Waals surface area contributed by atoms with Crippen molar-refractivity contribution < 1.29 is 9.59 Å². The standard InChI is InChI=1S/C12H18N4O2/c13-5-9-4-7-3-8(7)6-16(9)12(18)10(14)1-2-11(15)17/h7-10H,1-4,6,14H2,(H2,15,17)/t7?,8?,9?,10-/m0/s1. The Morgan fingerprint density at radius 2 is 2.11 bits per heavy atom. The van der Waals surface area contributed by atoms with Gasteiger partial charge >= 0.3 is 0 Å². The number of hydrogen-bond acceptors (Lipinski definition) is 4. The molecule has 1 aliphatic carbocycles. The molecule has 0 aromatic carbocycles. The Morgan fingerprint density at radius 1 is 1.39 bits per heavy atom. The van der Waals surface area contributed by atoms with Crippen molar-refractivity contribution in [2.75, 3.05) is 6.54 Å². The lowest BCUT2D eigenvalue weighted by Crippen LogP contribution is -2.51. The molecule has 1 saturated carbocycles. The fraction of sp³-hybridized carbons (Fsp3) is 0.750. The summed E-state index contributed by atoms with van der Waals surface area (Å²) in [5.74, 6) is 0.464. The molecule has 0 aromatic heterocycles. The highest BCUT2D eigenvalue weighted by Crippen LogP contribution is 2.47. The van der Waals surface area contributed by atoms with Crippen molar-refractivity contribution in [3.8, 4) is 6.07 Å². The number of nitrogens with two attached hydrogens (primary N) is 2. The Morgan fingerprint density at radius 3 is 2.72 bits per heavy atom. The summed E-state index contributed by atoms with van der Waals surface area (Å²) in [5.41, 5.74) is 10.8. The summed E-state index contributed by atoms with van der Waals surface area (Å²) >= 11 is 0. The summed E-state index contributed by atoms with van der Waals surface area (Å²) in [6, 6.07) is 1.08. The molecule has 6 heteroatoms. The van der Waals surface area contributed by atoms with Crippen molar-refractivity contribution in [2.45, 2.75) is 37.8 Å². The van der Waals surface area contributed by atoms with E-state index in [9.17, 15) is 9.59 Å². The van der Waals surface area contributed by atoms with Crippen LogP contribution in [0.4, 0.5) is 0 Å². The normalized spacial score (nSPS) is 31.1. The van der Waals surface area contributed by atoms with Crippen LogP contribution in [-0.2, 0) is 9.59 Å². The van der Waals surface area contributed by atoms with Gasteiger partial charge in [-0.2, -0.15) is 5.26 Å². The second-order valence-corrected chi connectivity index (χ2v) is 5.24. The van der Waals surface area contributed by atoms with Gasteiger partial charge in [-0.15, -0.1) is 0 Å². The molecule has 0 aromatic rings. The first kappa shape index (κ1) is 12.8. The minimum absolute atomic E-state index is 0.101. The first-order valence-corrected chi connectivity index (χ1v) is 6.27. The van der Waals surface area contributed by atoms with Crippen molar-refractivity contribution in [2.24, 2.45) is 23.3 Å². The molecule has 1 saturated heterocycles. The number of primary amides is 1. The Bertz CT molecular complexity index is 403. The van der Waals surface area contributed by atoms with E-state index in [0.29, 0.717) is 18.4 Å². The van der Waals surface area contributed by atoms with Gasteiger partial charge in [-0.3, -0.25) is 9.59 Å². The molecule has 0 radical (unpaired) electrons. The molecule has 1 aliphatic heterocycles. The molecule has 3 unspecified atom stereocenters. The maximum absolute atomic E-state index is 12.1. The first-order chi connectivity index (χ1) is 8.52. The fourth-order valence-corrected chi connectivity index (χ4v) is 2.62. The van der Waals surface area contributed by atoms with Crippen molar-refractivity contribution in [3.05, 3.63) is 0 Å². The number of nitriles is 1. The smallest absolute Gasteiger partial charge is 0.240 e. The second kappa shape index (κ2) is 4.94. The molecule has 6 nitrogen and oxygen atoms in total. The minimum Gasteiger partial charge on any atom is -0.370 e. The maximum Gasteiger partial charge on any atom is 0.240 e. The summed E-state index contributed by atoms with van der Waals surface area (Å²) in [6.07, 6.45) is 2.22. The Balaban J connectivity index is 1.94. The van der Waals surface area contributed by atoms with E-state index in [1.165, 1.54) is 0 Å². The van der Waals surface area contributed by atoms with E-state index in [1.54, 1.807) is 4.90 Å². The highest BCUT2D eigenvalue weighted by molar-refractivity contribution is 5.83. The Hall–Kier alpha value is -1.61.